The fraction of sp³-hybridized carbons (Fsp3) is 0.455. The Hall–Kier alpha value is -0.500. The number of hydrogen-bond acceptors (Lipinski definition) is 1. The molecule has 0 bridgehead atoms. The number of hydrogen-bond donors (Lipinski definition) is 0. The van der Waals surface area contributed by atoms with E-state index in [4.69, 9.17) is 4.74 Å². The van der Waals surface area contributed by atoms with Crippen molar-refractivity contribution in [2.24, 2.45) is 5.92 Å². The Morgan fingerprint density at radius 1 is 1.38 bits per heavy atom. The number of methoxy groups -OCH3 is 1. The third-order valence-corrected chi connectivity index (χ3v) is 2.63. The van der Waals surface area contributed by atoms with Gasteiger partial charge in [0.2, 0.25) is 0 Å². The van der Waals surface area contributed by atoms with Crippen molar-refractivity contribution in [1.82, 2.24) is 0 Å². The van der Waals surface area contributed by atoms with Crippen molar-refractivity contribution in [1.29, 1.82) is 0 Å². The highest BCUT2D eigenvalue weighted by Gasteiger charge is 2.03. The summed E-state index contributed by atoms with van der Waals surface area (Å²) in [6.45, 7) is 4.44. The molecule has 1 rings (SSSR count). The smallest absolute Gasteiger partial charge is 0.120 e. The molecule has 1 nitrogen and oxygen atoms in total. The molecule has 1 aromatic rings. The van der Waals surface area contributed by atoms with E-state index in [1.54, 1.807) is 7.11 Å². The Kier molecular flexibility index (Phi) is 3.79. The van der Waals surface area contributed by atoms with Gasteiger partial charge in [-0.15, -0.1) is 0 Å². The molecule has 0 saturated carbocycles. The molecule has 0 aliphatic heterocycles. The van der Waals surface area contributed by atoms with E-state index >= 15 is 0 Å². The topological polar surface area (TPSA) is 9.23 Å². The van der Waals surface area contributed by atoms with E-state index < -0.39 is 0 Å². The number of halogens is 1. The molecule has 0 unspecified atom stereocenters. The zero-order chi connectivity index (χ0) is 9.84. The minimum absolute atomic E-state index is 0.685. The lowest BCUT2D eigenvalue weighted by Gasteiger charge is -2.08. The van der Waals surface area contributed by atoms with Gasteiger partial charge in [-0.3, -0.25) is 0 Å². The normalized spacial score (nSPS) is 10.5. The quantitative estimate of drug-likeness (QED) is 0.787. The third-order valence-electron chi connectivity index (χ3n) is 1.89. The summed E-state index contributed by atoms with van der Waals surface area (Å²) in [6, 6.07) is 6.13. The molecule has 1 aromatic carbocycles. The zero-order valence-corrected chi connectivity index (χ0v) is 9.89. The molecule has 0 aromatic heterocycles. The summed E-state index contributed by atoms with van der Waals surface area (Å²) >= 11 is 3.54. The van der Waals surface area contributed by atoms with Crippen LogP contribution in [0, 0.1) is 5.92 Å². The van der Waals surface area contributed by atoms with Crippen LogP contribution in [0.5, 0.6) is 5.75 Å². The first-order valence-corrected chi connectivity index (χ1v) is 5.25. The molecule has 0 amide bonds. The molecule has 0 saturated heterocycles. The van der Waals surface area contributed by atoms with Crippen LogP contribution in [0.4, 0.5) is 0 Å². The summed E-state index contributed by atoms with van der Waals surface area (Å²) in [4.78, 5) is 0. The average Bonchev–Trinajstić information content (AvgIpc) is 2.08. The van der Waals surface area contributed by atoms with E-state index in [9.17, 15) is 0 Å². The first-order valence-electron chi connectivity index (χ1n) is 4.46. The van der Waals surface area contributed by atoms with E-state index in [0.717, 1.165) is 16.6 Å². The van der Waals surface area contributed by atoms with E-state index in [2.05, 4.69) is 35.8 Å². The van der Waals surface area contributed by atoms with Crippen LogP contribution >= 0.6 is 15.9 Å². The first-order chi connectivity index (χ1) is 6.13. The van der Waals surface area contributed by atoms with Crippen molar-refractivity contribution in [3.63, 3.8) is 0 Å². The first kappa shape index (κ1) is 10.6. The maximum atomic E-state index is 5.12. The minimum atomic E-state index is 0.685. The summed E-state index contributed by atoms with van der Waals surface area (Å²) in [5.41, 5.74) is 1.34. The molecular weight excluding hydrogens is 228 g/mol. The summed E-state index contributed by atoms with van der Waals surface area (Å²) in [6.07, 6.45) is 1.10. The molecule has 0 spiro atoms. The van der Waals surface area contributed by atoms with Gasteiger partial charge in [-0.2, -0.15) is 0 Å². The zero-order valence-electron chi connectivity index (χ0n) is 8.30. The van der Waals surface area contributed by atoms with Gasteiger partial charge in [0.25, 0.3) is 0 Å². The molecule has 72 valence electrons. The van der Waals surface area contributed by atoms with E-state index in [-0.39, 0.29) is 0 Å². The second-order valence-corrected chi connectivity index (χ2v) is 4.41. The summed E-state index contributed by atoms with van der Waals surface area (Å²) in [5, 5.41) is 0. The molecule has 0 N–H and O–H groups in total. The van der Waals surface area contributed by atoms with Crippen LogP contribution in [0.3, 0.4) is 0 Å². The molecule has 2 heteroatoms. The molecule has 0 fully saturated rings. The highest BCUT2D eigenvalue weighted by atomic mass is 79.9. The Morgan fingerprint density at radius 3 is 2.54 bits per heavy atom. The van der Waals surface area contributed by atoms with Crippen LogP contribution in [-0.2, 0) is 6.42 Å². The fourth-order valence-corrected chi connectivity index (χ4v) is 1.78. The van der Waals surface area contributed by atoms with Gasteiger partial charge in [-0.1, -0.05) is 35.8 Å². The van der Waals surface area contributed by atoms with Crippen LogP contribution in [0.2, 0.25) is 0 Å². The van der Waals surface area contributed by atoms with Crippen LogP contribution < -0.4 is 4.74 Å². The Bertz CT molecular complexity index is 281. The van der Waals surface area contributed by atoms with Gasteiger partial charge in [0.05, 0.1) is 7.11 Å². The van der Waals surface area contributed by atoms with Crippen LogP contribution in [0.25, 0.3) is 0 Å². The highest BCUT2D eigenvalue weighted by Crippen LogP contribution is 2.24. The van der Waals surface area contributed by atoms with Gasteiger partial charge in [0.1, 0.15) is 5.75 Å². The largest absolute Gasteiger partial charge is 0.497 e. The van der Waals surface area contributed by atoms with Crippen molar-refractivity contribution in [3.05, 3.63) is 28.2 Å². The van der Waals surface area contributed by atoms with Crippen LogP contribution in [0.1, 0.15) is 19.4 Å². The second-order valence-electron chi connectivity index (χ2n) is 3.56. The van der Waals surface area contributed by atoms with Gasteiger partial charge in [-0.25, -0.2) is 0 Å². The average molecular weight is 243 g/mol. The number of benzene rings is 1. The fourth-order valence-electron chi connectivity index (χ4n) is 1.26. The third kappa shape index (κ3) is 3.03. The SMILES string of the molecule is COc1ccc(CC(C)C)c(Br)c1. The number of ether oxygens (including phenoxy) is 1. The maximum absolute atomic E-state index is 5.12. The summed E-state index contributed by atoms with van der Waals surface area (Å²) in [7, 11) is 1.68. The Labute approximate surface area is 88.2 Å². The number of rotatable bonds is 3. The lowest BCUT2D eigenvalue weighted by molar-refractivity contribution is 0.414. The van der Waals surface area contributed by atoms with Gasteiger partial charge >= 0.3 is 0 Å². The molecule has 0 radical (unpaired) electrons. The second kappa shape index (κ2) is 4.66. The van der Waals surface area contributed by atoms with Crippen LogP contribution in [0.15, 0.2) is 22.7 Å². The van der Waals surface area contributed by atoms with Crippen molar-refractivity contribution in [2.45, 2.75) is 20.3 Å². The highest BCUT2D eigenvalue weighted by molar-refractivity contribution is 9.10. The van der Waals surface area contributed by atoms with Crippen molar-refractivity contribution >= 4 is 15.9 Å². The minimum Gasteiger partial charge on any atom is -0.497 e. The van der Waals surface area contributed by atoms with Crippen molar-refractivity contribution in [2.75, 3.05) is 7.11 Å². The van der Waals surface area contributed by atoms with Crippen molar-refractivity contribution < 1.29 is 4.74 Å². The Morgan fingerprint density at radius 2 is 2.08 bits per heavy atom. The van der Waals surface area contributed by atoms with Crippen LogP contribution in [-0.4, -0.2) is 7.11 Å². The molecule has 0 atom stereocenters. The maximum Gasteiger partial charge on any atom is 0.120 e. The van der Waals surface area contributed by atoms with Gasteiger partial charge in [0.15, 0.2) is 0 Å². The van der Waals surface area contributed by atoms with E-state index in [1.165, 1.54) is 5.56 Å². The molecule has 13 heavy (non-hydrogen) atoms. The van der Waals surface area contributed by atoms with E-state index in [1.807, 2.05) is 12.1 Å². The monoisotopic (exact) mass is 242 g/mol. The lowest BCUT2D eigenvalue weighted by Crippen LogP contribution is -1.95. The summed E-state index contributed by atoms with van der Waals surface area (Å²) < 4.78 is 6.26. The molecular formula is C11H15BrO. The molecule has 0 heterocycles. The predicted molar refractivity (Wildman–Crippen MR) is 59.2 cm³/mol. The van der Waals surface area contributed by atoms with Gasteiger partial charge in [0, 0.05) is 4.47 Å². The predicted octanol–water partition coefficient (Wildman–Crippen LogP) is 3.66. The Balaban J connectivity index is 2.85. The van der Waals surface area contributed by atoms with Gasteiger partial charge < -0.3 is 4.74 Å². The van der Waals surface area contributed by atoms with Crippen molar-refractivity contribution in [3.8, 4) is 5.75 Å². The van der Waals surface area contributed by atoms with Gasteiger partial charge in [-0.05, 0) is 30.0 Å². The lowest BCUT2D eigenvalue weighted by atomic mass is 10.0. The summed E-state index contributed by atoms with van der Waals surface area (Å²) in [5.74, 6) is 1.59. The molecule has 0 aliphatic carbocycles. The van der Waals surface area contributed by atoms with E-state index in [0.29, 0.717) is 5.92 Å². The molecule has 0 aliphatic rings. The standard InChI is InChI=1S/C11H15BrO/c1-8(2)6-9-4-5-10(13-3)7-11(9)12/h4-5,7-8H,6H2,1-3H3.